The Morgan fingerprint density at radius 2 is 1.90 bits per heavy atom. The Labute approximate surface area is 252 Å². The van der Waals surface area contributed by atoms with Crippen LogP contribution in [0.25, 0.3) is 16.6 Å². The number of pyridine rings is 1. The number of benzene rings is 2. The lowest BCUT2D eigenvalue weighted by Gasteiger charge is -2.54. The molecule has 2 aromatic heterocycles. The molecule has 0 amide bonds. The summed E-state index contributed by atoms with van der Waals surface area (Å²) in [5.41, 5.74) is 4.76. The molecule has 0 unspecified atom stereocenters. The van der Waals surface area contributed by atoms with Gasteiger partial charge in [-0.2, -0.15) is 5.26 Å². The first-order valence-corrected chi connectivity index (χ1v) is 14.6. The number of carboxylic acids is 1. The second kappa shape index (κ2) is 10.0. The van der Waals surface area contributed by atoms with Gasteiger partial charge in [0.05, 0.1) is 28.4 Å². The van der Waals surface area contributed by atoms with Crippen LogP contribution in [0.15, 0.2) is 60.7 Å². The fourth-order valence-electron chi connectivity index (χ4n) is 6.12. The van der Waals surface area contributed by atoms with Crippen LogP contribution in [0.1, 0.15) is 47.3 Å². The minimum Gasteiger partial charge on any atom is -0.478 e. The molecule has 3 aliphatic rings. The van der Waals surface area contributed by atoms with Crippen molar-refractivity contribution in [2.24, 2.45) is 10.8 Å². The van der Waals surface area contributed by atoms with E-state index in [4.69, 9.17) is 37.9 Å². The molecule has 42 heavy (non-hydrogen) atoms. The van der Waals surface area contributed by atoms with Gasteiger partial charge in [-0.15, -0.1) is 0 Å². The van der Waals surface area contributed by atoms with Crippen molar-refractivity contribution in [3.63, 3.8) is 0 Å². The molecule has 2 aromatic carbocycles. The quantitative estimate of drug-likeness (QED) is 0.221. The van der Waals surface area contributed by atoms with Crippen LogP contribution in [0.2, 0.25) is 10.0 Å². The fraction of sp³-hybridized carbons (Fsp3) is 0.312. The molecule has 1 spiro atoms. The molecule has 7 rings (SSSR count). The molecule has 0 atom stereocenters. The third-order valence-corrected chi connectivity index (χ3v) is 9.23. The maximum atomic E-state index is 11.7. The van der Waals surface area contributed by atoms with E-state index >= 15 is 0 Å². The van der Waals surface area contributed by atoms with E-state index in [1.54, 1.807) is 30.3 Å². The van der Waals surface area contributed by atoms with Gasteiger partial charge in [0.2, 0.25) is 11.8 Å². The number of ether oxygens (including phenoxy) is 1. The van der Waals surface area contributed by atoms with Gasteiger partial charge in [-0.05, 0) is 61.2 Å². The third kappa shape index (κ3) is 4.87. The van der Waals surface area contributed by atoms with Crippen molar-refractivity contribution in [2.75, 3.05) is 18.0 Å². The van der Waals surface area contributed by atoms with Gasteiger partial charge in [-0.1, -0.05) is 41.4 Å². The lowest BCUT2D eigenvalue weighted by molar-refractivity contribution is 0.0697. The summed E-state index contributed by atoms with van der Waals surface area (Å²) in [7, 11) is 0. The molecule has 2 aliphatic carbocycles. The normalized spacial score (nSPS) is 17.7. The van der Waals surface area contributed by atoms with Gasteiger partial charge < -0.3 is 19.3 Å². The SMILES string of the molecule is N#CCC1(Cn2c(N3CC4(C=C(c5cccc(OCc6ccc(Cl)cc6Cl)n5)C4)C3)nc3ccc(C(=O)O)cc32)CC1. The first kappa shape index (κ1) is 26.8. The Morgan fingerprint density at radius 3 is 2.62 bits per heavy atom. The van der Waals surface area contributed by atoms with Crippen LogP contribution in [0.5, 0.6) is 5.88 Å². The molecule has 3 heterocycles. The maximum absolute atomic E-state index is 11.7. The highest BCUT2D eigenvalue weighted by Gasteiger charge is 2.50. The molecule has 2 fully saturated rings. The smallest absolute Gasteiger partial charge is 0.335 e. The summed E-state index contributed by atoms with van der Waals surface area (Å²) in [6.07, 6.45) is 5.70. The Kier molecular flexibility index (Phi) is 6.41. The zero-order valence-electron chi connectivity index (χ0n) is 22.7. The van der Waals surface area contributed by atoms with Crippen LogP contribution in [0, 0.1) is 22.2 Å². The minimum atomic E-state index is -0.962. The Morgan fingerprint density at radius 1 is 1.10 bits per heavy atom. The summed E-state index contributed by atoms with van der Waals surface area (Å²) in [6.45, 7) is 2.61. The van der Waals surface area contributed by atoms with Crippen LogP contribution in [0.3, 0.4) is 0 Å². The van der Waals surface area contributed by atoms with Crippen LogP contribution < -0.4 is 9.64 Å². The molecule has 212 valence electrons. The number of carbonyl (C=O) groups is 1. The second-order valence-electron chi connectivity index (χ2n) is 11.8. The predicted molar refractivity (Wildman–Crippen MR) is 161 cm³/mol. The van der Waals surface area contributed by atoms with E-state index in [-0.39, 0.29) is 16.4 Å². The summed E-state index contributed by atoms with van der Waals surface area (Å²) in [6, 6.07) is 18.5. The molecule has 10 heteroatoms. The number of hydrogen-bond donors (Lipinski definition) is 1. The minimum absolute atomic E-state index is 0.0555. The molecule has 4 aromatic rings. The molecule has 0 bridgehead atoms. The second-order valence-corrected chi connectivity index (χ2v) is 12.6. The van der Waals surface area contributed by atoms with Crippen LogP contribution >= 0.6 is 23.2 Å². The zero-order chi connectivity index (χ0) is 29.1. The Hall–Kier alpha value is -4.06. The van der Waals surface area contributed by atoms with Crippen LogP contribution in [0.4, 0.5) is 5.95 Å². The van der Waals surface area contributed by atoms with Gasteiger partial charge in [0, 0.05) is 58.6 Å². The van der Waals surface area contributed by atoms with E-state index in [0.717, 1.165) is 60.6 Å². The van der Waals surface area contributed by atoms with Gasteiger partial charge in [-0.25, -0.2) is 14.8 Å². The van der Waals surface area contributed by atoms with Crippen molar-refractivity contribution in [1.29, 1.82) is 5.26 Å². The van der Waals surface area contributed by atoms with Crippen molar-refractivity contribution in [3.8, 4) is 11.9 Å². The average molecular weight is 601 g/mol. The van der Waals surface area contributed by atoms with Gasteiger partial charge in [0.1, 0.15) is 6.61 Å². The number of fused-ring (bicyclic) bond motifs is 1. The molecule has 1 saturated heterocycles. The van der Waals surface area contributed by atoms with Crippen molar-refractivity contribution in [1.82, 2.24) is 14.5 Å². The number of anilines is 1. The lowest BCUT2D eigenvalue weighted by atomic mass is 9.65. The van der Waals surface area contributed by atoms with Crippen molar-refractivity contribution in [3.05, 3.63) is 87.5 Å². The first-order chi connectivity index (χ1) is 20.3. The standard InChI is InChI=1S/C32H27Cl2N5O3/c33-23-6-4-21(24(34)13-23)16-42-28-3-1-2-25(36-28)22-14-32(15-22)17-38(18-32)30-37-26-7-5-20(29(40)41)12-27(26)39(30)19-31(8-9-31)10-11-35/h1-7,12-14H,8-10,15-19H2,(H,40,41). The van der Waals surface area contributed by atoms with Crippen molar-refractivity contribution >= 4 is 51.7 Å². The number of halogens is 2. The molecule has 1 N–H and O–H groups in total. The number of imidazole rings is 1. The molecule has 1 aliphatic heterocycles. The first-order valence-electron chi connectivity index (χ1n) is 13.9. The number of hydrogen-bond acceptors (Lipinski definition) is 6. The molecule has 8 nitrogen and oxygen atoms in total. The van der Waals surface area contributed by atoms with Crippen LogP contribution in [-0.4, -0.2) is 38.7 Å². The summed E-state index contributed by atoms with van der Waals surface area (Å²) in [4.78, 5) is 23.6. The lowest BCUT2D eigenvalue weighted by Crippen LogP contribution is -2.59. The molecular formula is C32H27Cl2N5O3. The van der Waals surface area contributed by atoms with Crippen LogP contribution in [-0.2, 0) is 13.2 Å². The number of aromatic carboxylic acids is 1. The largest absolute Gasteiger partial charge is 0.478 e. The summed E-state index contributed by atoms with van der Waals surface area (Å²) in [5.74, 6) is 0.422. The summed E-state index contributed by atoms with van der Waals surface area (Å²) < 4.78 is 8.06. The van der Waals surface area contributed by atoms with E-state index < -0.39 is 5.97 Å². The number of aromatic nitrogens is 3. The molecule has 1 saturated carbocycles. The van der Waals surface area contributed by atoms with E-state index in [0.29, 0.717) is 35.5 Å². The maximum Gasteiger partial charge on any atom is 0.335 e. The number of rotatable bonds is 9. The summed E-state index contributed by atoms with van der Waals surface area (Å²) >= 11 is 12.3. The van der Waals surface area contributed by atoms with Crippen molar-refractivity contribution < 1.29 is 14.6 Å². The number of allylic oxidation sites excluding steroid dienone is 1. The van der Waals surface area contributed by atoms with Gasteiger partial charge >= 0.3 is 5.97 Å². The zero-order valence-corrected chi connectivity index (χ0v) is 24.2. The van der Waals surface area contributed by atoms with E-state index in [1.165, 1.54) is 5.57 Å². The highest BCUT2D eigenvalue weighted by Crippen LogP contribution is 2.53. The summed E-state index contributed by atoms with van der Waals surface area (Å²) in [5, 5.41) is 20.1. The predicted octanol–water partition coefficient (Wildman–Crippen LogP) is 7.00. The van der Waals surface area contributed by atoms with E-state index in [2.05, 4.69) is 21.6 Å². The average Bonchev–Trinajstić information content (AvgIpc) is 3.59. The van der Waals surface area contributed by atoms with Gasteiger partial charge in [0.25, 0.3) is 0 Å². The fourth-order valence-corrected chi connectivity index (χ4v) is 6.58. The monoisotopic (exact) mass is 599 g/mol. The topological polar surface area (TPSA) is 104 Å². The number of nitriles is 1. The highest BCUT2D eigenvalue weighted by molar-refractivity contribution is 6.35. The highest BCUT2D eigenvalue weighted by atomic mass is 35.5. The van der Waals surface area contributed by atoms with Gasteiger partial charge in [-0.3, -0.25) is 0 Å². The number of carboxylic acid groups (broad SMARTS) is 1. The third-order valence-electron chi connectivity index (χ3n) is 8.64. The van der Waals surface area contributed by atoms with Gasteiger partial charge in [0.15, 0.2) is 0 Å². The Bertz CT molecular complexity index is 1810. The van der Waals surface area contributed by atoms with E-state index in [9.17, 15) is 15.2 Å². The Balaban J connectivity index is 1.07. The number of nitrogens with zero attached hydrogens (tertiary/aromatic N) is 5. The molecule has 0 radical (unpaired) electrons. The van der Waals surface area contributed by atoms with Crippen molar-refractivity contribution in [2.45, 2.75) is 38.8 Å². The molecular weight excluding hydrogens is 573 g/mol. The van der Waals surface area contributed by atoms with E-state index in [1.807, 2.05) is 24.3 Å².